The third-order valence-electron chi connectivity index (χ3n) is 3.34. The summed E-state index contributed by atoms with van der Waals surface area (Å²) in [6.45, 7) is 1.81. The molecule has 0 aliphatic heterocycles. The Kier molecular flexibility index (Phi) is 5.63. The monoisotopic (exact) mass is 305 g/mol. The van der Waals surface area contributed by atoms with Crippen molar-refractivity contribution in [1.82, 2.24) is 15.3 Å². The third-order valence-corrected chi connectivity index (χ3v) is 3.34. The Morgan fingerprint density at radius 3 is 2.95 bits per heavy atom. The number of hydrogen-bond acceptors (Lipinski definition) is 3. The second kappa shape index (κ2) is 7.68. The lowest BCUT2D eigenvalue weighted by Gasteiger charge is -2.06. The molecule has 1 heterocycles. The summed E-state index contributed by atoms with van der Waals surface area (Å²) >= 11 is 0. The Balaban J connectivity index is 1.84. The van der Waals surface area contributed by atoms with Gasteiger partial charge in [0.15, 0.2) is 0 Å². The highest BCUT2D eigenvalue weighted by molar-refractivity contribution is 5.77. The van der Waals surface area contributed by atoms with Crippen LogP contribution in [0.5, 0.6) is 0 Å². The molecule has 0 radical (unpaired) electrons. The largest absolute Gasteiger partial charge is 0.356 e. The molecule has 1 amide bonds. The molecule has 1 aromatic heterocycles. The van der Waals surface area contributed by atoms with Gasteiger partial charge in [-0.15, -0.1) is 0 Å². The summed E-state index contributed by atoms with van der Waals surface area (Å²) in [5, 5.41) is 3.23. The molecule has 22 heavy (non-hydrogen) atoms. The Morgan fingerprint density at radius 2 is 2.18 bits per heavy atom. The zero-order valence-corrected chi connectivity index (χ0v) is 12.6. The number of carbonyl (C=O) groups is 1. The summed E-state index contributed by atoms with van der Waals surface area (Å²) in [7, 11) is 0. The number of halogens is 1. The van der Waals surface area contributed by atoms with E-state index in [2.05, 4.69) is 15.3 Å². The first-order valence-corrected chi connectivity index (χ1v) is 7.45. The van der Waals surface area contributed by atoms with Crippen LogP contribution in [0.3, 0.4) is 0 Å². The van der Waals surface area contributed by atoms with Gasteiger partial charge in [0.05, 0.1) is 17.1 Å². The second-order valence-electron chi connectivity index (χ2n) is 5.30. The van der Waals surface area contributed by atoms with E-state index in [0.29, 0.717) is 49.0 Å². The van der Waals surface area contributed by atoms with Crippen molar-refractivity contribution in [3.8, 4) is 0 Å². The number of rotatable bonds is 7. The number of benzene rings is 1. The molecule has 0 saturated heterocycles. The molecule has 118 valence electrons. The van der Waals surface area contributed by atoms with Crippen molar-refractivity contribution in [3.05, 3.63) is 40.4 Å². The highest BCUT2D eigenvalue weighted by Crippen LogP contribution is 2.07. The number of aromatic amines is 1. The molecule has 0 aliphatic rings. The zero-order valence-electron chi connectivity index (χ0n) is 12.6. The van der Waals surface area contributed by atoms with Gasteiger partial charge in [-0.25, -0.2) is 9.37 Å². The number of nitrogens with zero attached hydrogens (tertiary/aromatic N) is 1. The molecule has 2 N–H and O–H groups in total. The van der Waals surface area contributed by atoms with Crippen molar-refractivity contribution >= 4 is 16.8 Å². The minimum Gasteiger partial charge on any atom is -0.356 e. The number of amides is 1. The molecule has 2 aromatic rings. The van der Waals surface area contributed by atoms with Crippen LogP contribution in [-0.2, 0) is 11.2 Å². The molecule has 1 atom stereocenters. The van der Waals surface area contributed by atoms with E-state index in [1.165, 1.54) is 6.92 Å². The second-order valence-corrected chi connectivity index (χ2v) is 5.30. The van der Waals surface area contributed by atoms with Crippen molar-refractivity contribution in [2.24, 2.45) is 0 Å². The van der Waals surface area contributed by atoms with Gasteiger partial charge in [0.2, 0.25) is 5.91 Å². The molecule has 0 unspecified atom stereocenters. The van der Waals surface area contributed by atoms with Crippen molar-refractivity contribution in [2.75, 3.05) is 6.54 Å². The van der Waals surface area contributed by atoms with Crippen LogP contribution in [0, 0.1) is 0 Å². The van der Waals surface area contributed by atoms with E-state index in [0.717, 1.165) is 0 Å². The molecule has 0 aliphatic carbocycles. The smallest absolute Gasteiger partial charge is 0.258 e. The van der Waals surface area contributed by atoms with Gasteiger partial charge in [0.25, 0.3) is 5.56 Å². The normalized spacial score (nSPS) is 12.3. The van der Waals surface area contributed by atoms with E-state index < -0.39 is 6.17 Å². The lowest BCUT2D eigenvalue weighted by Crippen LogP contribution is -2.25. The topological polar surface area (TPSA) is 74.8 Å². The molecule has 0 fully saturated rings. The fourth-order valence-electron chi connectivity index (χ4n) is 2.17. The maximum absolute atomic E-state index is 12.6. The van der Waals surface area contributed by atoms with E-state index in [1.54, 1.807) is 18.2 Å². The van der Waals surface area contributed by atoms with Gasteiger partial charge in [-0.1, -0.05) is 12.1 Å². The van der Waals surface area contributed by atoms with Crippen LogP contribution in [0.15, 0.2) is 29.1 Å². The van der Waals surface area contributed by atoms with Crippen LogP contribution in [0.2, 0.25) is 0 Å². The SMILES string of the molecule is C[C@H](F)CCNC(=O)CCCc1nc2ccccc2c(=O)[nH]1. The van der Waals surface area contributed by atoms with Crippen LogP contribution >= 0.6 is 0 Å². The number of alkyl halides is 1. The first-order valence-electron chi connectivity index (χ1n) is 7.45. The lowest BCUT2D eigenvalue weighted by atomic mass is 10.2. The molecule has 1 aromatic carbocycles. The Hall–Kier alpha value is -2.24. The zero-order chi connectivity index (χ0) is 15.9. The maximum atomic E-state index is 12.6. The molecule has 0 saturated carbocycles. The molecular formula is C16H20FN3O2. The molecule has 0 bridgehead atoms. The molecular weight excluding hydrogens is 285 g/mol. The predicted octanol–water partition coefficient (Wildman–Crippen LogP) is 2.11. The van der Waals surface area contributed by atoms with Crippen LogP contribution < -0.4 is 10.9 Å². The lowest BCUT2D eigenvalue weighted by molar-refractivity contribution is -0.121. The molecule has 6 heteroatoms. The quantitative estimate of drug-likeness (QED) is 0.822. The number of para-hydroxylation sites is 1. The van der Waals surface area contributed by atoms with Gasteiger partial charge in [-0.05, 0) is 31.9 Å². The fraction of sp³-hybridized carbons (Fsp3) is 0.438. The Morgan fingerprint density at radius 1 is 1.41 bits per heavy atom. The summed E-state index contributed by atoms with van der Waals surface area (Å²) in [5.74, 6) is 0.470. The van der Waals surface area contributed by atoms with Gasteiger partial charge < -0.3 is 10.3 Å². The number of aromatic nitrogens is 2. The van der Waals surface area contributed by atoms with E-state index in [1.807, 2.05) is 6.07 Å². The number of aryl methyl sites for hydroxylation is 1. The highest BCUT2D eigenvalue weighted by atomic mass is 19.1. The van der Waals surface area contributed by atoms with E-state index in [9.17, 15) is 14.0 Å². The average Bonchev–Trinajstić information content (AvgIpc) is 2.47. The summed E-state index contributed by atoms with van der Waals surface area (Å²) in [4.78, 5) is 30.6. The average molecular weight is 305 g/mol. The number of fused-ring (bicyclic) bond motifs is 1. The van der Waals surface area contributed by atoms with Gasteiger partial charge in [0.1, 0.15) is 5.82 Å². The molecule has 0 spiro atoms. The van der Waals surface area contributed by atoms with Gasteiger partial charge in [-0.2, -0.15) is 0 Å². The van der Waals surface area contributed by atoms with Crippen LogP contribution in [-0.4, -0.2) is 28.6 Å². The fourth-order valence-corrected chi connectivity index (χ4v) is 2.17. The molecule has 5 nitrogen and oxygen atoms in total. The van der Waals surface area contributed by atoms with Crippen LogP contribution in [0.25, 0.3) is 10.9 Å². The summed E-state index contributed by atoms with van der Waals surface area (Å²) in [6.07, 6.45) is 0.848. The Labute approximate surface area is 128 Å². The number of nitrogens with one attached hydrogen (secondary N) is 2. The minimum absolute atomic E-state index is 0.108. The first-order chi connectivity index (χ1) is 10.6. The van der Waals surface area contributed by atoms with Crippen molar-refractivity contribution in [3.63, 3.8) is 0 Å². The number of H-pyrrole nitrogens is 1. The summed E-state index contributed by atoms with van der Waals surface area (Å²) in [6, 6.07) is 7.14. The van der Waals surface area contributed by atoms with Crippen molar-refractivity contribution in [2.45, 2.75) is 38.8 Å². The molecule has 2 rings (SSSR count). The van der Waals surface area contributed by atoms with E-state index >= 15 is 0 Å². The Bertz CT molecular complexity index is 697. The van der Waals surface area contributed by atoms with Crippen molar-refractivity contribution < 1.29 is 9.18 Å². The van der Waals surface area contributed by atoms with Crippen molar-refractivity contribution in [1.29, 1.82) is 0 Å². The van der Waals surface area contributed by atoms with E-state index in [-0.39, 0.29) is 11.5 Å². The van der Waals surface area contributed by atoms with Gasteiger partial charge >= 0.3 is 0 Å². The van der Waals surface area contributed by atoms with Crippen LogP contribution in [0.1, 0.15) is 32.0 Å². The van der Waals surface area contributed by atoms with Crippen LogP contribution in [0.4, 0.5) is 4.39 Å². The highest BCUT2D eigenvalue weighted by Gasteiger charge is 2.06. The van der Waals surface area contributed by atoms with Gasteiger partial charge in [-0.3, -0.25) is 9.59 Å². The predicted molar refractivity (Wildman–Crippen MR) is 83.5 cm³/mol. The minimum atomic E-state index is -0.910. The van der Waals surface area contributed by atoms with Gasteiger partial charge in [0, 0.05) is 19.4 Å². The summed E-state index contributed by atoms with van der Waals surface area (Å²) < 4.78 is 12.6. The number of hydrogen-bond donors (Lipinski definition) is 2. The first kappa shape index (κ1) is 16.1. The summed E-state index contributed by atoms with van der Waals surface area (Å²) in [5.41, 5.74) is 0.490. The third kappa shape index (κ3) is 4.65. The van der Waals surface area contributed by atoms with E-state index in [4.69, 9.17) is 0 Å². The standard InChI is InChI=1S/C16H20FN3O2/c1-11(17)9-10-18-15(21)8-4-7-14-19-13-6-3-2-5-12(13)16(22)20-14/h2-3,5-6,11H,4,7-10H2,1H3,(H,18,21)(H,19,20,22)/t11-/m0/s1. The maximum Gasteiger partial charge on any atom is 0.258 e. The number of carbonyl (C=O) groups excluding carboxylic acids is 1.